The summed E-state index contributed by atoms with van der Waals surface area (Å²) in [6.45, 7) is 9.17. The van der Waals surface area contributed by atoms with Gasteiger partial charge in [0.2, 0.25) is 0 Å². The summed E-state index contributed by atoms with van der Waals surface area (Å²) in [5, 5.41) is 3.84. The molecule has 0 spiro atoms. The summed E-state index contributed by atoms with van der Waals surface area (Å²) in [7, 11) is 1.59. The molecule has 0 saturated heterocycles. The highest BCUT2D eigenvalue weighted by Crippen LogP contribution is 2.33. The summed E-state index contributed by atoms with van der Waals surface area (Å²) in [4.78, 5) is 13.1. The van der Waals surface area contributed by atoms with Crippen molar-refractivity contribution in [3.05, 3.63) is 59.4 Å². The highest BCUT2D eigenvalue weighted by Gasteiger charge is 2.23. The predicted molar refractivity (Wildman–Crippen MR) is 111 cm³/mol. The second kappa shape index (κ2) is 8.07. The Morgan fingerprint density at radius 2 is 1.89 bits per heavy atom. The van der Waals surface area contributed by atoms with Crippen molar-refractivity contribution in [2.45, 2.75) is 39.7 Å². The quantitative estimate of drug-likeness (QED) is 0.610. The van der Waals surface area contributed by atoms with Crippen LogP contribution in [0, 0.1) is 0 Å². The van der Waals surface area contributed by atoms with Crippen molar-refractivity contribution >= 4 is 22.6 Å². The molecule has 0 radical (unpaired) electrons. The van der Waals surface area contributed by atoms with Gasteiger partial charge in [0.25, 0.3) is 5.91 Å². The SMILES string of the molecule is CCOCc1c(C(=O)Nc2cc(C(C)(C)C)ccc2OC)oc2ccccc12. The van der Waals surface area contributed by atoms with Crippen LogP contribution < -0.4 is 10.1 Å². The molecule has 3 aromatic rings. The average molecular weight is 381 g/mol. The summed E-state index contributed by atoms with van der Waals surface area (Å²) in [6.07, 6.45) is 0. The van der Waals surface area contributed by atoms with Gasteiger partial charge in [-0.25, -0.2) is 0 Å². The summed E-state index contributed by atoms with van der Waals surface area (Å²) < 4.78 is 16.9. The molecular formula is C23H27NO4. The lowest BCUT2D eigenvalue weighted by molar-refractivity contribution is 0.0984. The normalized spacial score (nSPS) is 11.6. The largest absolute Gasteiger partial charge is 0.495 e. The van der Waals surface area contributed by atoms with Crippen LogP contribution in [0.3, 0.4) is 0 Å². The Morgan fingerprint density at radius 1 is 1.14 bits per heavy atom. The molecule has 5 nitrogen and oxygen atoms in total. The number of amides is 1. The van der Waals surface area contributed by atoms with Gasteiger partial charge in [0, 0.05) is 17.6 Å². The zero-order valence-electron chi connectivity index (χ0n) is 17.1. The number of para-hydroxylation sites is 1. The minimum atomic E-state index is -0.324. The number of carbonyl (C=O) groups is 1. The minimum Gasteiger partial charge on any atom is -0.495 e. The van der Waals surface area contributed by atoms with E-state index >= 15 is 0 Å². The summed E-state index contributed by atoms with van der Waals surface area (Å²) in [6, 6.07) is 13.4. The van der Waals surface area contributed by atoms with Gasteiger partial charge in [0.15, 0.2) is 5.76 Å². The van der Waals surface area contributed by atoms with Crippen LogP contribution in [-0.2, 0) is 16.8 Å². The molecule has 5 heteroatoms. The zero-order chi connectivity index (χ0) is 20.3. The van der Waals surface area contributed by atoms with Crippen molar-refractivity contribution in [3.8, 4) is 5.75 Å². The number of anilines is 1. The van der Waals surface area contributed by atoms with Gasteiger partial charge in [-0.3, -0.25) is 4.79 Å². The fourth-order valence-corrected chi connectivity index (χ4v) is 3.08. The lowest BCUT2D eigenvalue weighted by Crippen LogP contribution is -2.16. The first-order valence-electron chi connectivity index (χ1n) is 9.43. The standard InChI is InChI=1S/C23H27NO4/c1-6-27-14-17-16-9-7-8-10-19(16)28-21(17)22(25)24-18-13-15(23(2,3)4)11-12-20(18)26-5/h7-13H,6,14H2,1-5H3,(H,24,25). The number of furan rings is 1. The molecule has 0 fully saturated rings. The number of carbonyl (C=O) groups excluding carboxylic acids is 1. The predicted octanol–water partition coefficient (Wildman–Crippen LogP) is 5.53. The van der Waals surface area contributed by atoms with E-state index in [-0.39, 0.29) is 17.1 Å². The third kappa shape index (κ3) is 4.04. The Kier molecular flexibility index (Phi) is 5.75. The zero-order valence-corrected chi connectivity index (χ0v) is 17.1. The molecule has 2 aromatic carbocycles. The van der Waals surface area contributed by atoms with Crippen molar-refractivity contribution in [3.63, 3.8) is 0 Å². The van der Waals surface area contributed by atoms with Crippen molar-refractivity contribution in [2.75, 3.05) is 19.0 Å². The summed E-state index contributed by atoms with van der Waals surface area (Å²) in [5.41, 5.74) is 3.08. The van der Waals surface area contributed by atoms with Gasteiger partial charge >= 0.3 is 0 Å². The molecule has 0 aliphatic rings. The van der Waals surface area contributed by atoms with Gasteiger partial charge in [0.05, 0.1) is 19.4 Å². The van der Waals surface area contributed by atoms with Crippen molar-refractivity contribution in [1.82, 2.24) is 0 Å². The molecule has 0 aliphatic heterocycles. The molecule has 0 aliphatic carbocycles. The maximum atomic E-state index is 13.1. The number of ether oxygens (including phenoxy) is 2. The summed E-state index contributed by atoms with van der Waals surface area (Å²) in [5.74, 6) is 0.539. The topological polar surface area (TPSA) is 60.7 Å². The molecule has 1 amide bonds. The molecule has 148 valence electrons. The van der Waals surface area contributed by atoms with Crippen LogP contribution in [0.4, 0.5) is 5.69 Å². The van der Waals surface area contributed by atoms with E-state index in [0.717, 1.165) is 16.5 Å². The second-order valence-corrected chi connectivity index (χ2v) is 7.66. The van der Waals surface area contributed by atoms with Crippen molar-refractivity contribution in [1.29, 1.82) is 0 Å². The van der Waals surface area contributed by atoms with Gasteiger partial charge in [-0.1, -0.05) is 45.0 Å². The van der Waals surface area contributed by atoms with E-state index in [2.05, 4.69) is 26.1 Å². The highest BCUT2D eigenvalue weighted by molar-refractivity contribution is 6.07. The van der Waals surface area contributed by atoms with Crippen LogP contribution >= 0.6 is 0 Å². The Labute approximate surface area is 165 Å². The maximum absolute atomic E-state index is 13.1. The maximum Gasteiger partial charge on any atom is 0.291 e. The number of methoxy groups -OCH3 is 1. The Bertz CT molecular complexity index is 982. The van der Waals surface area contributed by atoms with Gasteiger partial charge < -0.3 is 19.2 Å². The molecule has 0 atom stereocenters. The average Bonchev–Trinajstić information content (AvgIpc) is 3.04. The number of hydrogen-bond acceptors (Lipinski definition) is 4. The first-order chi connectivity index (χ1) is 13.3. The van der Waals surface area contributed by atoms with E-state index < -0.39 is 0 Å². The van der Waals surface area contributed by atoms with Crippen LogP contribution in [-0.4, -0.2) is 19.6 Å². The van der Waals surface area contributed by atoms with Crippen molar-refractivity contribution < 1.29 is 18.7 Å². The highest BCUT2D eigenvalue weighted by atomic mass is 16.5. The van der Waals surface area contributed by atoms with Gasteiger partial charge in [0.1, 0.15) is 11.3 Å². The van der Waals surface area contributed by atoms with Gasteiger partial charge in [-0.05, 0) is 36.1 Å². The van der Waals surface area contributed by atoms with Gasteiger partial charge in [-0.15, -0.1) is 0 Å². The minimum absolute atomic E-state index is 0.0504. The molecule has 3 rings (SSSR count). The lowest BCUT2D eigenvalue weighted by Gasteiger charge is -2.21. The molecule has 1 heterocycles. The fourth-order valence-electron chi connectivity index (χ4n) is 3.08. The molecule has 28 heavy (non-hydrogen) atoms. The number of rotatable bonds is 6. The van der Waals surface area contributed by atoms with Crippen LogP contribution in [0.25, 0.3) is 11.0 Å². The second-order valence-electron chi connectivity index (χ2n) is 7.66. The van der Waals surface area contributed by atoms with E-state index in [1.807, 2.05) is 49.4 Å². The molecule has 1 aromatic heterocycles. The van der Waals surface area contributed by atoms with Gasteiger partial charge in [-0.2, -0.15) is 0 Å². The molecular weight excluding hydrogens is 354 g/mol. The first-order valence-corrected chi connectivity index (χ1v) is 9.43. The Balaban J connectivity index is 1.99. The van der Waals surface area contributed by atoms with Crippen LogP contribution in [0.1, 0.15) is 49.4 Å². The van der Waals surface area contributed by atoms with E-state index in [9.17, 15) is 4.79 Å². The Morgan fingerprint density at radius 3 is 2.57 bits per heavy atom. The fraction of sp³-hybridized carbons (Fsp3) is 0.348. The van der Waals surface area contributed by atoms with Crippen LogP contribution in [0.2, 0.25) is 0 Å². The molecule has 0 unspecified atom stereocenters. The van der Waals surface area contributed by atoms with E-state index in [1.165, 1.54) is 0 Å². The van der Waals surface area contributed by atoms with Crippen LogP contribution in [0.15, 0.2) is 46.9 Å². The summed E-state index contributed by atoms with van der Waals surface area (Å²) >= 11 is 0. The van der Waals surface area contributed by atoms with Crippen molar-refractivity contribution in [2.24, 2.45) is 0 Å². The molecule has 0 saturated carbocycles. The lowest BCUT2D eigenvalue weighted by atomic mass is 9.87. The number of nitrogens with one attached hydrogen (secondary N) is 1. The number of hydrogen-bond donors (Lipinski definition) is 1. The molecule has 1 N–H and O–H groups in total. The van der Waals surface area contributed by atoms with E-state index in [4.69, 9.17) is 13.9 Å². The third-order valence-corrected chi connectivity index (χ3v) is 4.67. The first kappa shape index (κ1) is 20.0. The number of benzene rings is 2. The van der Waals surface area contributed by atoms with Crippen LogP contribution in [0.5, 0.6) is 5.75 Å². The van der Waals surface area contributed by atoms with E-state index in [1.54, 1.807) is 7.11 Å². The Hall–Kier alpha value is -2.79. The molecule has 0 bridgehead atoms. The monoisotopic (exact) mass is 381 g/mol. The smallest absolute Gasteiger partial charge is 0.291 e. The number of fused-ring (bicyclic) bond motifs is 1. The van der Waals surface area contributed by atoms with E-state index in [0.29, 0.717) is 30.2 Å². The third-order valence-electron chi connectivity index (χ3n) is 4.67.